The number of thiophene rings is 1. The molecule has 0 aliphatic heterocycles. The molecule has 1 aromatic rings. The van der Waals surface area contributed by atoms with E-state index in [0.29, 0.717) is 5.11 Å². The van der Waals surface area contributed by atoms with Crippen molar-refractivity contribution in [2.24, 2.45) is 5.10 Å². The molecule has 0 bridgehead atoms. The lowest BCUT2D eigenvalue weighted by Gasteiger charge is -1.97. The molecule has 0 atom stereocenters. The Morgan fingerprint density at radius 1 is 1.75 bits per heavy atom. The van der Waals surface area contributed by atoms with Crippen LogP contribution in [0, 0.1) is 0 Å². The summed E-state index contributed by atoms with van der Waals surface area (Å²) in [5.41, 5.74) is 2.67. The monoisotopic (exact) mass is 199 g/mol. The van der Waals surface area contributed by atoms with Gasteiger partial charge in [-0.1, -0.05) is 6.07 Å². The van der Waals surface area contributed by atoms with E-state index in [2.05, 4.69) is 15.8 Å². The molecule has 0 amide bonds. The number of nitrogens with zero attached hydrogens (tertiary/aromatic N) is 1. The van der Waals surface area contributed by atoms with Gasteiger partial charge in [0.2, 0.25) is 0 Å². The molecule has 1 rings (SSSR count). The average Bonchev–Trinajstić information content (AvgIpc) is 2.57. The maximum absolute atomic E-state index is 4.82. The van der Waals surface area contributed by atoms with Gasteiger partial charge in [0, 0.05) is 11.9 Å². The van der Waals surface area contributed by atoms with Gasteiger partial charge in [-0.25, -0.2) is 0 Å². The van der Waals surface area contributed by atoms with E-state index in [9.17, 15) is 0 Å². The lowest BCUT2D eigenvalue weighted by molar-refractivity contribution is 0.982. The summed E-state index contributed by atoms with van der Waals surface area (Å²) in [5.74, 6) is 0. The molecule has 0 spiro atoms. The number of hydrazone groups is 1. The number of rotatable bonds is 2. The minimum atomic E-state index is 0.516. The molecular formula is C7H9N3S2. The fourth-order valence-corrected chi connectivity index (χ4v) is 1.21. The Morgan fingerprint density at radius 3 is 3.17 bits per heavy atom. The summed E-state index contributed by atoms with van der Waals surface area (Å²) >= 11 is 6.45. The molecule has 0 fully saturated rings. The zero-order chi connectivity index (χ0) is 8.81. The summed E-state index contributed by atoms with van der Waals surface area (Å²) < 4.78 is 0. The zero-order valence-corrected chi connectivity index (χ0v) is 8.21. The van der Waals surface area contributed by atoms with Crippen LogP contribution in [0.2, 0.25) is 0 Å². The Labute approximate surface area is 80.5 Å². The minimum absolute atomic E-state index is 0.516. The van der Waals surface area contributed by atoms with Crippen LogP contribution in [-0.4, -0.2) is 18.4 Å². The van der Waals surface area contributed by atoms with E-state index in [-0.39, 0.29) is 0 Å². The van der Waals surface area contributed by atoms with Gasteiger partial charge in [0.25, 0.3) is 0 Å². The summed E-state index contributed by atoms with van der Waals surface area (Å²) in [5, 5.41) is 9.19. The van der Waals surface area contributed by atoms with Gasteiger partial charge in [-0.15, -0.1) is 11.3 Å². The van der Waals surface area contributed by atoms with Crippen LogP contribution in [0.4, 0.5) is 0 Å². The molecule has 0 aromatic carbocycles. The highest BCUT2D eigenvalue weighted by Crippen LogP contribution is 2.03. The van der Waals surface area contributed by atoms with Crippen LogP contribution in [-0.2, 0) is 0 Å². The summed E-state index contributed by atoms with van der Waals surface area (Å²) in [7, 11) is 1.75. The van der Waals surface area contributed by atoms with Crippen molar-refractivity contribution in [1.29, 1.82) is 0 Å². The standard InChI is InChI=1S/C7H9N3S2/c1-8-7(11)10-9-5-6-3-2-4-12-6/h2-5H,1H3,(H2,8,10,11). The van der Waals surface area contributed by atoms with Crippen LogP contribution in [0.15, 0.2) is 22.6 Å². The largest absolute Gasteiger partial charge is 0.364 e. The molecule has 12 heavy (non-hydrogen) atoms. The molecule has 0 radical (unpaired) electrons. The van der Waals surface area contributed by atoms with E-state index in [1.54, 1.807) is 24.6 Å². The van der Waals surface area contributed by atoms with Gasteiger partial charge in [0.15, 0.2) is 5.11 Å². The van der Waals surface area contributed by atoms with Crippen LogP contribution >= 0.6 is 23.6 Å². The maximum Gasteiger partial charge on any atom is 0.186 e. The van der Waals surface area contributed by atoms with E-state index in [4.69, 9.17) is 12.2 Å². The third-order valence-electron chi connectivity index (χ3n) is 1.13. The lowest BCUT2D eigenvalue weighted by Crippen LogP contribution is -2.28. The first kappa shape index (κ1) is 9.15. The summed E-state index contributed by atoms with van der Waals surface area (Å²) in [6, 6.07) is 3.96. The lowest BCUT2D eigenvalue weighted by atomic mass is 10.5. The third kappa shape index (κ3) is 2.98. The molecule has 0 aliphatic rings. The predicted molar refractivity (Wildman–Crippen MR) is 56.7 cm³/mol. The van der Waals surface area contributed by atoms with E-state index >= 15 is 0 Å². The zero-order valence-electron chi connectivity index (χ0n) is 6.57. The molecule has 64 valence electrons. The molecule has 5 heteroatoms. The molecule has 2 N–H and O–H groups in total. The number of nitrogens with one attached hydrogen (secondary N) is 2. The number of hydrogen-bond donors (Lipinski definition) is 2. The molecule has 0 unspecified atom stereocenters. The van der Waals surface area contributed by atoms with E-state index in [1.807, 2.05) is 17.5 Å². The van der Waals surface area contributed by atoms with Crippen molar-refractivity contribution >= 4 is 34.9 Å². The fraction of sp³-hybridized carbons (Fsp3) is 0.143. The van der Waals surface area contributed by atoms with E-state index in [0.717, 1.165) is 4.88 Å². The minimum Gasteiger partial charge on any atom is -0.364 e. The Morgan fingerprint density at radius 2 is 2.58 bits per heavy atom. The van der Waals surface area contributed by atoms with Crippen LogP contribution in [0.3, 0.4) is 0 Å². The molecule has 1 aromatic heterocycles. The highest BCUT2D eigenvalue weighted by atomic mass is 32.1. The van der Waals surface area contributed by atoms with Crippen LogP contribution in [0.5, 0.6) is 0 Å². The van der Waals surface area contributed by atoms with Gasteiger partial charge in [0.1, 0.15) is 0 Å². The van der Waals surface area contributed by atoms with Gasteiger partial charge in [-0.2, -0.15) is 5.10 Å². The third-order valence-corrected chi connectivity index (χ3v) is 2.23. The van der Waals surface area contributed by atoms with E-state index < -0.39 is 0 Å². The van der Waals surface area contributed by atoms with Crippen molar-refractivity contribution < 1.29 is 0 Å². The van der Waals surface area contributed by atoms with Crippen molar-refractivity contribution in [3.05, 3.63) is 22.4 Å². The topological polar surface area (TPSA) is 36.4 Å². The first-order valence-electron chi connectivity index (χ1n) is 3.37. The predicted octanol–water partition coefficient (Wildman–Crippen LogP) is 1.18. The second-order valence-electron chi connectivity index (χ2n) is 1.96. The summed E-state index contributed by atoms with van der Waals surface area (Å²) in [6.45, 7) is 0. The number of thiocarbonyl (C=S) groups is 1. The van der Waals surface area contributed by atoms with Gasteiger partial charge < -0.3 is 5.32 Å². The van der Waals surface area contributed by atoms with Gasteiger partial charge in [-0.3, -0.25) is 5.43 Å². The van der Waals surface area contributed by atoms with Crippen LogP contribution < -0.4 is 10.7 Å². The highest BCUT2D eigenvalue weighted by Gasteiger charge is 1.87. The Hall–Kier alpha value is -0.940. The molecule has 1 heterocycles. The molecule has 0 saturated heterocycles. The SMILES string of the molecule is CNC(=S)NN=Cc1cccs1. The van der Waals surface area contributed by atoms with Crippen LogP contribution in [0.1, 0.15) is 4.88 Å². The Bertz CT molecular complexity index is 266. The number of hydrogen-bond acceptors (Lipinski definition) is 3. The average molecular weight is 199 g/mol. The second kappa shape index (κ2) is 4.84. The van der Waals surface area contributed by atoms with Crippen molar-refractivity contribution in [3.8, 4) is 0 Å². The Kier molecular flexibility index (Phi) is 3.69. The van der Waals surface area contributed by atoms with Crippen molar-refractivity contribution in [3.63, 3.8) is 0 Å². The summed E-state index contributed by atoms with van der Waals surface area (Å²) in [6.07, 6.45) is 1.73. The first-order chi connectivity index (χ1) is 5.83. The Balaban J connectivity index is 2.37. The molecule has 0 saturated carbocycles. The second-order valence-corrected chi connectivity index (χ2v) is 3.35. The van der Waals surface area contributed by atoms with E-state index in [1.165, 1.54) is 0 Å². The smallest absolute Gasteiger partial charge is 0.186 e. The highest BCUT2D eigenvalue weighted by molar-refractivity contribution is 7.80. The maximum atomic E-state index is 4.82. The van der Waals surface area contributed by atoms with Crippen molar-refractivity contribution in [2.45, 2.75) is 0 Å². The summed E-state index contributed by atoms with van der Waals surface area (Å²) in [4.78, 5) is 1.10. The quantitative estimate of drug-likeness (QED) is 0.426. The fourth-order valence-electron chi connectivity index (χ4n) is 0.575. The van der Waals surface area contributed by atoms with Crippen molar-refractivity contribution in [2.75, 3.05) is 7.05 Å². The molecule has 0 aliphatic carbocycles. The van der Waals surface area contributed by atoms with Crippen molar-refractivity contribution in [1.82, 2.24) is 10.7 Å². The molecule has 3 nitrogen and oxygen atoms in total. The van der Waals surface area contributed by atoms with Crippen LogP contribution in [0.25, 0.3) is 0 Å². The van der Waals surface area contributed by atoms with Gasteiger partial charge in [0.05, 0.1) is 6.21 Å². The van der Waals surface area contributed by atoms with Gasteiger partial charge >= 0.3 is 0 Å². The normalized spacial score (nSPS) is 10.1. The first-order valence-corrected chi connectivity index (χ1v) is 4.66. The van der Waals surface area contributed by atoms with Gasteiger partial charge in [-0.05, 0) is 23.7 Å². The molecular weight excluding hydrogens is 190 g/mol.